The molecule has 1 N–H and O–H groups in total. The Morgan fingerprint density at radius 3 is 2.76 bits per heavy atom. The molecule has 0 atom stereocenters. The normalized spacial score (nSPS) is 11.3. The molecule has 4 rings (SSSR count). The molecule has 144 valence electrons. The van der Waals surface area contributed by atoms with Crippen LogP contribution < -0.4 is 5.32 Å². The number of rotatable bonds is 4. The number of aromatic nitrogens is 1. The minimum absolute atomic E-state index is 0.263. The Hall–Kier alpha value is -3.08. The third kappa shape index (κ3) is 4.34. The lowest BCUT2D eigenvalue weighted by atomic mass is 10.1. The average Bonchev–Trinajstić information content (AvgIpc) is 3.15. The minimum atomic E-state index is -0.263. The molecule has 0 unspecified atom stereocenters. The minimum Gasteiger partial charge on any atom is -0.457 e. The molecule has 1 amide bonds. The van der Waals surface area contributed by atoms with Gasteiger partial charge in [-0.2, -0.15) is 0 Å². The smallest absolute Gasteiger partial charge is 0.248 e. The second-order valence-electron chi connectivity index (χ2n) is 6.47. The van der Waals surface area contributed by atoms with Crippen molar-refractivity contribution in [2.75, 3.05) is 5.32 Å². The van der Waals surface area contributed by atoms with Gasteiger partial charge in [-0.05, 0) is 67.6 Å². The van der Waals surface area contributed by atoms with Crippen molar-refractivity contribution >= 4 is 51.8 Å². The third-order valence-corrected chi connectivity index (χ3v) is 4.90. The van der Waals surface area contributed by atoms with Gasteiger partial charge >= 0.3 is 0 Å². The molecule has 0 saturated carbocycles. The van der Waals surface area contributed by atoms with E-state index in [2.05, 4.69) is 10.3 Å². The van der Waals surface area contributed by atoms with Crippen molar-refractivity contribution < 1.29 is 9.21 Å². The van der Waals surface area contributed by atoms with Crippen LogP contribution in [0.25, 0.3) is 28.3 Å². The maximum atomic E-state index is 12.4. The molecule has 0 spiro atoms. The number of hydrogen-bond acceptors (Lipinski definition) is 3. The van der Waals surface area contributed by atoms with E-state index in [4.69, 9.17) is 27.6 Å². The third-order valence-electron chi connectivity index (χ3n) is 4.35. The summed E-state index contributed by atoms with van der Waals surface area (Å²) in [6, 6.07) is 18.3. The molecule has 0 bridgehead atoms. The fourth-order valence-electron chi connectivity index (χ4n) is 2.97. The van der Waals surface area contributed by atoms with Crippen LogP contribution in [0, 0.1) is 6.92 Å². The molecule has 0 aliphatic rings. The van der Waals surface area contributed by atoms with Crippen molar-refractivity contribution in [1.82, 2.24) is 4.98 Å². The Kier molecular flexibility index (Phi) is 5.38. The van der Waals surface area contributed by atoms with Gasteiger partial charge in [0.05, 0.1) is 16.2 Å². The monoisotopic (exact) mass is 422 g/mol. The van der Waals surface area contributed by atoms with Gasteiger partial charge in [0.25, 0.3) is 0 Å². The van der Waals surface area contributed by atoms with E-state index in [1.807, 2.05) is 37.3 Å². The Morgan fingerprint density at radius 2 is 1.93 bits per heavy atom. The molecule has 6 heteroatoms. The number of carbonyl (C=O) groups excluding carboxylic acids is 1. The number of furan rings is 1. The Labute approximate surface area is 177 Å². The van der Waals surface area contributed by atoms with Crippen molar-refractivity contribution in [1.29, 1.82) is 0 Å². The summed E-state index contributed by atoms with van der Waals surface area (Å²) < 4.78 is 5.77. The number of nitrogens with zero attached hydrogens (tertiary/aromatic N) is 1. The van der Waals surface area contributed by atoms with Crippen LogP contribution in [0.5, 0.6) is 0 Å². The zero-order chi connectivity index (χ0) is 20.4. The average molecular weight is 423 g/mol. The first-order valence-corrected chi connectivity index (χ1v) is 9.66. The number of fused-ring (bicyclic) bond motifs is 1. The first-order chi connectivity index (χ1) is 14.0. The van der Waals surface area contributed by atoms with Crippen molar-refractivity contribution in [3.8, 4) is 11.3 Å². The molecule has 0 fully saturated rings. The lowest BCUT2D eigenvalue weighted by molar-refractivity contribution is -0.111. The standard InChI is InChI=1S/C23H16Cl2N2O2/c1-14-5-9-18-20(26-14)3-2-4-21(18)27-23(28)12-8-16-7-11-22(29-16)17-10-6-15(24)13-19(17)25/h2-13H,1H3,(H,27,28)/b12-8+. The van der Waals surface area contributed by atoms with Crippen LogP contribution in [-0.2, 0) is 4.79 Å². The van der Waals surface area contributed by atoms with Gasteiger partial charge in [0.1, 0.15) is 11.5 Å². The maximum absolute atomic E-state index is 12.4. The maximum Gasteiger partial charge on any atom is 0.248 e. The summed E-state index contributed by atoms with van der Waals surface area (Å²) in [5, 5.41) is 4.83. The first kappa shape index (κ1) is 19.2. The summed E-state index contributed by atoms with van der Waals surface area (Å²) in [4.78, 5) is 16.8. The Morgan fingerprint density at radius 1 is 1.07 bits per heavy atom. The van der Waals surface area contributed by atoms with Gasteiger partial charge in [0.15, 0.2) is 0 Å². The lowest BCUT2D eigenvalue weighted by Crippen LogP contribution is -2.08. The van der Waals surface area contributed by atoms with Crippen LogP contribution in [0.2, 0.25) is 10.0 Å². The molecule has 4 aromatic rings. The topological polar surface area (TPSA) is 55.1 Å². The molecule has 0 saturated heterocycles. The predicted octanol–water partition coefficient (Wildman–Crippen LogP) is 6.76. The van der Waals surface area contributed by atoms with E-state index >= 15 is 0 Å². The fourth-order valence-corrected chi connectivity index (χ4v) is 3.48. The zero-order valence-corrected chi connectivity index (χ0v) is 17.0. The van der Waals surface area contributed by atoms with Gasteiger partial charge in [-0.15, -0.1) is 0 Å². The van der Waals surface area contributed by atoms with E-state index in [1.165, 1.54) is 6.08 Å². The highest BCUT2D eigenvalue weighted by molar-refractivity contribution is 6.36. The van der Waals surface area contributed by atoms with Crippen molar-refractivity contribution in [2.45, 2.75) is 6.92 Å². The van der Waals surface area contributed by atoms with Gasteiger partial charge in [-0.25, -0.2) is 0 Å². The van der Waals surface area contributed by atoms with E-state index in [0.717, 1.165) is 22.2 Å². The van der Waals surface area contributed by atoms with Crippen LogP contribution in [0.15, 0.2) is 71.2 Å². The van der Waals surface area contributed by atoms with Gasteiger partial charge in [0.2, 0.25) is 5.91 Å². The summed E-state index contributed by atoms with van der Waals surface area (Å²) >= 11 is 12.1. The number of pyridine rings is 1. The number of nitrogens with one attached hydrogen (secondary N) is 1. The number of benzene rings is 2. The molecular weight excluding hydrogens is 407 g/mol. The van der Waals surface area contributed by atoms with Gasteiger partial charge in [0, 0.05) is 27.7 Å². The summed E-state index contributed by atoms with van der Waals surface area (Å²) in [7, 11) is 0. The quantitative estimate of drug-likeness (QED) is 0.369. The molecule has 0 aliphatic heterocycles. The molecule has 2 aromatic carbocycles. The second-order valence-corrected chi connectivity index (χ2v) is 7.32. The van der Waals surface area contributed by atoms with Crippen molar-refractivity contribution in [3.05, 3.63) is 88.2 Å². The number of anilines is 1. The fraction of sp³-hybridized carbons (Fsp3) is 0.0435. The number of amides is 1. The van der Waals surface area contributed by atoms with Crippen LogP contribution >= 0.6 is 23.2 Å². The number of hydrogen-bond donors (Lipinski definition) is 1. The van der Waals surface area contributed by atoms with Gasteiger partial charge in [-0.3, -0.25) is 9.78 Å². The molecular formula is C23H16Cl2N2O2. The van der Waals surface area contributed by atoms with Crippen LogP contribution in [0.4, 0.5) is 5.69 Å². The Balaban J connectivity index is 1.50. The van der Waals surface area contributed by atoms with E-state index < -0.39 is 0 Å². The summed E-state index contributed by atoms with van der Waals surface area (Å²) in [5.41, 5.74) is 3.20. The number of carbonyl (C=O) groups is 1. The second kappa shape index (κ2) is 8.11. The van der Waals surface area contributed by atoms with E-state index in [0.29, 0.717) is 27.3 Å². The van der Waals surface area contributed by atoms with E-state index in [1.54, 1.807) is 36.4 Å². The molecule has 2 aromatic heterocycles. The van der Waals surface area contributed by atoms with E-state index in [-0.39, 0.29) is 5.91 Å². The largest absolute Gasteiger partial charge is 0.457 e. The predicted molar refractivity (Wildman–Crippen MR) is 118 cm³/mol. The molecule has 0 aliphatic carbocycles. The molecule has 0 radical (unpaired) electrons. The van der Waals surface area contributed by atoms with Crippen LogP contribution in [0.3, 0.4) is 0 Å². The number of aryl methyl sites for hydroxylation is 1. The molecule has 2 heterocycles. The highest BCUT2D eigenvalue weighted by Crippen LogP contribution is 2.31. The molecule has 29 heavy (non-hydrogen) atoms. The Bertz CT molecular complexity index is 1240. The number of halogens is 2. The zero-order valence-electron chi connectivity index (χ0n) is 15.4. The highest BCUT2D eigenvalue weighted by atomic mass is 35.5. The van der Waals surface area contributed by atoms with Gasteiger partial charge < -0.3 is 9.73 Å². The lowest BCUT2D eigenvalue weighted by Gasteiger charge is -2.07. The van der Waals surface area contributed by atoms with Crippen molar-refractivity contribution in [2.24, 2.45) is 0 Å². The van der Waals surface area contributed by atoms with Gasteiger partial charge in [-0.1, -0.05) is 29.3 Å². The molecule has 4 nitrogen and oxygen atoms in total. The highest BCUT2D eigenvalue weighted by Gasteiger charge is 2.09. The van der Waals surface area contributed by atoms with E-state index in [9.17, 15) is 4.79 Å². The summed E-state index contributed by atoms with van der Waals surface area (Å²) in [6.07, 6.45) is 3.03. The first-order valence-electron chi connectivity index (χ1n) is 8.90. The van der Waals surface area contributed by atoms with Crippen molar-refractivity contribution in [3.63, 3.8) is 0 Å². The SMILES string of the molecule is Cc1ccc2c(NC(=O)/C=C/c3ccc(-c4ccc(Cl)cc4Cl)o3)cccc2n1. The summed E-state index contributed by atoms with van der Waals surface area (Å²) in [6.45, 7) is 1.93. The summed E-state index contributed by atoms with van der Waals surface area (Å²) in [5.74, 6) is 0.874. The van der Waals surface area contributed by atoms with Crippen LogP contribution in [0.1, 0.15) is 11.5 Å². The van der Waals surface area contributed by atoms with Crippen LogP contribution in [-0.4, -0.2) is 10.9 Å².